The second kappa shape index (κ2) is 9.66. The van der Waals surface area contributed by atoms with Gasteiger partial charge in [-0.2, -0.15) is 0 Å². The summed E-state index contributed by atoms with van der Waals surface area (Å²) >= 11 is 0. The van der Waals surface area contributed by atoms with Gasteiger partial charge in [-0.05, 0) is 18.4 Å². The number of rotatable bonds is 5. The van der Waals surface area contributed by atoms with Crippen LogP contribution in [0.1, 0.15) is 18.4 Å². The van der Waals surface area contributed by atoms with Crippen molar-refractivity contribution in [2.45, 2.75) is 30.7 Å². The monoisotopic (exact) mass is 403 g/mol. The lowest BCUT2D eigenvalue weighted by atomic mass is 10.1. The highest BCUT2D eigenvalue weighted by molar-refractivity contribution is 7.88. The molecule has 0 aliphatic carbocycles. The molecule has 3 rings (SSSR count). The lowest BCUT2D eigenvalue weighted by molar-refractivity contribution is -0.135. The van der Waals surface area contributed by atoms with Crippen molar-refractivity contribution in [3.63, 3.8) is 0 Å². The molecule has 0 aromatic heterocycles. The molecule has 1 aromatic carbocycles. The first-order valence-electron chi connectivity index (χ1n) is 8.69. The molecule has 0 spiro atoms. The Balaban J connectivity index is 0.00000243. The molecule has 1 amide bonds. The van der Waals surface area contributed by atoms with Gasteiger partial charge in [0.2, 0.25) is 10.0 Å². The summed E-state index contributed by atoms with van der Waals surface area (Å²) in [6.45, 7) is 2.69. The SMILES string of the molecule is Cl.O=C(NC1CCN(S(=O)(=O)Cc2ccccc2)CC1)C1CNCCO1. The van der Waals surface area contributed by atoms with Crippen LogP contribution in [0.4, 0.5) is 0 Å². The van der Waals surface area contributed by atoms with Crippen LogP contribution in [0.3, 0.4) is 0 Å². The molecule has 146 valence electrons. The Morgan fingerprint density at radius 3 is 2.54 bits per heavy atom. The molecule has 2 aliphatic heterocycles. The Labute approximate surface area is 160 Å². The van der Waals surface area contributed by atoms with Gasteiger partial charge in [-0.15, -0.1) is 12.4 Å². The van der Waals surface area contributed by atoms with Gasteiger partial charge in [-0.25, -0.2) is 12.7 Å². The second-order valence-electron chi connectivity index (χ2n) is 6.49. The Morgan fingerprint density at radius 1 is 1.23 bits per heavy atom. The minimum absolute atomic E-state index is 0. The van der Waals surface area contributed by atoms with E-state index >= 15 is 0 Å². The first-order chi connectivity index (χ1) is 12.0. The minimum atomic E-state index is -3.32. The number of nitrogens with zero attached hydrogens (tertiary/aromatic N) is 1. The summed E-state index contributed by atoms with van der Waals surface area (Å²) < 4.78 is 32.1. The van der Waals surface area contributed by atoms with Crippen LogP contribution in [0.25, 0.3) is 0 Å². The minimum Gasteiger partial charge on any atom is -0.366 e. The molecule has 1 atom stereocenters. The van der Waals surface area contributed by atoms with E-state index in [-0.39, 0.29) is 30.1 Å². The van der Waals surface area contributed by atoms with Crippen LogP contribution < -0.4 is 10.6 Å². The van der Waals surface area contributed by atoms with Gasteiger partial charge >= 0.3 is 0 Å². The average molecular weight is 404 g/mol. The van der Waals surface area contributed by atoms with Gasteiger partial charge in [-0.1, -0.05) is 30.3 Å². The molecule has 0 radical (unpaired) electrons. The highest BCUT2D eigenvalue weighted by Crippen LogP contribution is 2.18. The van der Waals surface area contributed by atoms with Crippen molar-refractivity contribution in [1.82, 2.24) is 14.9 Å². The molecule has 2 fully saturated rings. The Bertz CT molecular complexity index is 673. The molecular formula is C17H26ClN3O4S. The molecule has 2 aliphatic rings. The summed E-state index contributed by atoms with van der Waals surface area (Å²) in [6.07, 6.45) is 0.799. The molecule has 7 nitrogen and oxygen atoms in total. The highest BCUT2D eigenvalue weighted by Gasteiger charge is 2.30. The van der Waals surface area contributed by atoms with E-state index in [1.807, 2.05) is 30.3 Å². The number of benzene rings is 1. The standard InChI is InChI=1S/C17H25N3O4S.ClH/c21-17(16-12-18-8-11-24-16)19-15-6-9-20(10-7-15)25(22,23)13-14-4-2-1-3-5-14;/h1-5,15-16,18H,6-13H2,(H,19,21);1H. The molecule has 9 heteroatoms. The lowest BCUT2D eigenvalue weighted by Crippen LogP contribution is -2.53. The lowest BCUT2D eigenvalue weighted by Gasteiger charge is -2.33. The van der Waals surface area contributed by atoms with Gasteiger partial charge in [0, 0.05) is 32.2 Å². The van der Waals surface area contributed by atoms with Crippen LogP contribution in [-0.4, -0.2) is 63.6 Å². The van der Waals surface area contributed by atoms with E-state index in [2.05, 4.69) is 10.6 Å². The molecule has 2 N–H and O–H groups in total. The number of sulfonamides is 1. The van der Waals surface area contributed by atoms with Gasteiger partial charge in [0.05, 0.1) is 12.4 Å². The molecule has 26 heavy (non-hydrogen) atoms. The van der Waals surface area contributed by atoms with Gasteiger partial charge in [-0.3, -0.25) is 4.79 Å². The summed E-state index contributed by atoms with van der Waals surface area (Å²) in [5, 5.41) is 6.11. The summed E-state index contributed by atoms with van der Waals surface area (Å²) in [5.41, 5.74) is 0.792. The number of hydrogen-bond acceptors (Lipinski definition) is 5. The van der Waals surface area contributed by atoms with E-state index in [1.165, 1.54) is 4.31 Å². The first kappa shape index (κ1) is 21.1. The second-order valence-corrected chi connectivity index (χ2v) is 8.46. The number of amides is 1. The first-order valence-corrected chi connectivity index (χ1v) is 10.3. The maximum atomic E-state index is 12.5. The summed E-state index contributed by atoms with van der Waals surface area (Å²) in [6, 6.07) is 9.20. The van der Waals surface area contributed by atoms with Crippen LogP contribution in [0, 0.1) is 0 Å². The van der Waals surface area contributed by atoms with E-state index in [0.29, 0.717) is 39.1 Å². The number of halogens is 1. The summed E-state index contributed by atoms with van der Waals surface area (Å²) in [7, 11) is -3.32. The van der Waals surface area contributed by atoms with Crippen molar-refractivity contribution in [2.24, 2.45) is 0 Å². The largest absolute Gasteiger partial charge is 0.366 e. The number of piperidine rings is 1. The van der Waals surface area contributed by atoms with Crippen LogP contribution in [0.15, 0.2) is 30.3 Å². The topological polar surface area (TPSA) is 87.7 Å². The van der Waals surface area contributed by atoms with Crippen LogP contribution in [0.5, 0.6) is 0 Å². The Morgan fingerprint density at radius 2 is 1.92 bits per heavy atom. The quantitative estimate of drug-likeness (QED) is 0.747. The van der Waals surface area contributed by atoms with Gasteiger partial charge in [0.1, 0.15) is 6.10 Å². The van der Waals surface area contributed by atoms with Crippen LogP contribution >= 0.6 is 12.4 Å². The fourth-order valence-corrected chi connectivity index (χ4v) is 4.75. The maximum Gasteiger partial charge on any atom is 0.250 e. The van der Waals surface area contributed by atoms with Gasteiger partial charge in [0.25, 0.3) is 5.91 Å². The van der Waals surface area contributed by atoms with Crippen molar-refractivity contribution < 1.29 is 17.9 Å². The van der Waals surface area contributed by atoms with E-state index in [9.17, 15) is 13.2 Å². The highest BCUT2D eigenvalue weighted by atomic mass is 35.5. The average Bonchev–Trinajstić information content (AvgIpc) is 2.63. The molecule has 1 aromatic rings. The van der Waals surface area contributed by atoms with Crippen molar-refractivity contribution in [2.75, 3.05) is 32.8 Å². The third-order valence-electron chi connectivity index (χ3n) is 4.61. The number of hydrogen-bond donors (Lipinski definition) is 2. The fraction of sp³-hybridized carbons (Fsp3) is 0.588. The number of morpholine rings is 1. The number of carbonyl (C=O) groups is 1. The smallest absolute Gasteiger partial charge is 0.250 e. The van der Waals surface area contributed by atoms with Gasteiger partial charge in [0.15, 0.2) is 0 Å². The van der Waals surface area contributed by atoms with Crippen LogP contribution in [0.2, 0.25) is 0 Å². The normalized spacial score (nSPS) is 22.4. The van der Waals surface area contributed by atoms with E-state index in [0.717, 1.165) is 12.1 Å². The van der Waals surface area contributed by atoms with E-state index in [1.54, 1.807) is 0 Å². The zero-order valence-corrected chi connectivity index (χ0v) is 16.2. The molecule has 2 heterocycles. The van der Waals surface area contributed by atoms with Crippen molar-refractivity contribution in [3.8, 4) is 0 Å². The zero-order chi connectivity index (χ0) is 17.7. The third-order valence-corrected chi connectivity index (χ3v) is 6.46. The molecule has 1 unspecified atom stereocenters. The summed E-state index contributed by atoms with van der Waals surface area (Å²) in [5.74, 6) is -0.0929. The molecule has 2 saturated heterocycles. The van der Waals surface area contributed by atoms with Gasteiger partial charge < -0.3 is 15.4 Å². The van der Waals surface area contributed by atoms with Crippen molar-refractivity contribution >= 4 is 28.3 Å². The van der Waals surface area contributed by atoms with Crippen molar-refractivity contribution in [3.05, 3.63) is 35.9 Å². The number of carbonyl (C=O) groups excluding carboxylic acids is 1. The predicted molar refractivity (Wildman–Crippen MR) is 102 cm³/mol. The summed E-state index contributed by atoms with van der Waals surface area (Å²) in [4.78, 5) is 12.2. The molecule has 0 saturated carbocycles. The Kier molecular flexibility index (Phi) is 7.85. The van der Waals surface area contributed by atoms with E-state index < -0.39 is 16.1 Å². The fourth-order valence-electron chi connectivity index (χ4n) is 3.18. The number of ether oxygens (including phenoxy) is 1. The molecule has 0 bridgehead atoms. The molecular weight excluding hydrogens is 378 g/mol. The van der Waals surface area contributed by atoms with Crippen molar-refractivity contribution in [1.29, 1.82) is 0 Å². The zero-order valence-electron chi connectivity index (χ0n) is 14.6. The maximum absolute atomic E-state index is 12.5. The van der Waals surface area contributed by atoms with Crippen LogP contribution in [-0.2, 0) is 25.3 Å². The third kappa shape index (κ3) is 5.65. The Hall–Kier alpha value is -1.19. The number of nitrogens with one attached hydrogen (secondary N) is 2. The predicted octanol–water partition coefficient (Wildman–Crippen LogP) is 0.507. The van der Waals surface area contributed by atoms with E-state index in [4.69, 9.17) is 4.74 Å².